The van der Waals surface area contributed by atoms with Crippen molar-refractivity contribution in [2.75, 3.05) is 33.7 Å². The topological polar surface area (TPSA) is 66.6 Å². The number of nitrogens with two attached hydrogens (primary N) is 1. The van der Waals surface area contributed by atoms with Crippen LogP contribution in [-0.2, 0) is 9.59 Å². The van der Waals surface area contributed by atoms with Crippen molar-refractivity contribution in [3.05, 3.63) is 0 Å². The van der Waals surface area contributed by atoms with Crippen LogP contribution in [0.2, 0.25) is 0 Å². The van der Waals surface area contributed by atoms with Gasteiger partial charge in [0, 0.05) is 39.5 Å². The van der Waals surface area contributed by atoms with Crippen LogP contribution in [-0.4, -0.2) is 55.3 Å². The molecule has 5 nitrogen and oxygen atoms in total. The minimum absolute atomic E-state index is 0.0741. The molecule has 1 rings (SSSR count). The van der Waals surface area contributed by atoms with Crippen LogP contribution in [0.1, 0.15) is 39.5 Å². The molecule has 0 aromatic rings. The highest BCUT2D eigenvalue weighted by atomic mass is 16.2. The van der Waals surface area contributed by atoms with Gasteiger partial charge >= 0.3 is 0 Å². The second-order valence-corrected chi connectivity index (χ2v) is 6.82. The van der Waals surface area contributed by atoms with Crippen molar-refractivity contribution >= 4 is 11.8 Å². The number of likely N-dealkylation sites (tertiary alicyclic amines) is 1. The van der Waals surface area contributed by atoms with Gasteiger partial charge in [-0.1, -0.05) is 13.8 Å². The van der Waals surface area contributed by atoms with Crippen LogP contribution in [0.3, 0.4) is 0 Å². The van der Waals surface area contributed by atoms with Crippen LogP contribution in [0.5, 0.6) is 0 Å². The summed E-state index contributed by atoms with van der Waals surface area (Å²) in [5.41, 5.74) is 5.77. The summed E-state index contributed by atoms with van der Waals surface area (Å²) in [7, 11) is 3.58. The van der Waals surface area contributed by atoms with E-state index in [-0.39, 0.29) is 23.7 Å². The molecule has 5 heteroatoms. The third kappa shape index (κ3) is 5.65. The molecular formula is C16H31N3O2. The number of hydrogen-bond donors (Lipinski definition) is 1. The van der Waals surface area contributed by atoms with E-state index in [1.54, 1.807) is 19.0 Å². The van der Waals surface area contributed by atoms with Crippen LogP contribution in [0.15, 0.2) is 0 Å². The van der Waals surface area contributed by atoms with Gasteiger partial charge in [-0.15, -0.1) is 0 Å². The summed E-state index contributed by atoms with van der Waals surface area (Å²) in [6.07, 6.45) is 3.10. The monoisotopic (exact) mass is 297 g/mol. The standard InChI is InChI=1S/C16H31N3O2/c1-12(2)9-13(11-17)10-15(20)19-7-5-14(6-8-19)16(21)18(3)4/h12-14H,5-11,17H2,1-4H3. The van der Waals surface area contributed by atoms with Crippen molar-refractivity contribution in [2.24, 2.45) is 23.5 Å². The number of rotatable bonds is 6. The molecule has 0 aromatic carbocycles. The highest BCUT2D eigenvalue weighted by Crippen LogP contribution is 2.21. The van der Waals surface area contributed by atoms with Crippen molar-refractivity contribution in [1.29, 1.82) is 0 Å². The first kappa shape index (κ1) is 18.0. The van der Waals surface area contributed by atoms with Crippen LogP contribution < -0.4 is 5.73 Å². The van der Waals surface area contributed by atoms with Gasteiger partial charge in [0.05, 0.1) is 0 Å². The lowest BCUT2D eigenvalue weighted by atomic mass is 9.92. The van der Waals surface area contributed by atoms with Crippen molar-refractivity contribution in [3.8, 4) is 0 Å². The summed E-state index contributed by atoms with van der Waals surface area (Å²) in [6, 6.07) is 0. The van der Waals surface area contributed by atoms with Crippen molar-refractivity contribution in [2.45, 2.75) is 39.5 Å². The lowest BCUT2D eigenvalue weighted by Crippen LogP contribution is -2.43. The molecule has 0 saturated carbocycles. The molecule has 0 radical (unpaired) electrons. The zero-order chi connectivity index (χ0) is 16.0. The Morgan fingerprint density at radius 1 is 1.24 bits per heavy atom. The van der Waals surface area contributed by atoms with Gasteiger partial charge in [0.1, 0.15) is 0 Å². The van der Waals surface area contributed by atoms with E-state index < -0.39 is 0 Å². The summed E-state index contributed by atoms with van der Waals surface area (Å²) >= 11 is 0. The fourth-order valence-electron chi connectivity index (χ4n) is 3.05. The van der Waals surface area contributed by atoms with Crippen molar-refractivity contribution < 1.29 is 9.59 Å². The maximum atomic E-state index is 12.3. The molecule has 0 spiro atoms. The van der Waals surface area contributed by atoms with Gasteiger partial charge in [-0.2, -0.15) is 0 Å². The lowest BCUT2D eigenvalue weighted by molar-refractivity contribution is -0.139. The van der Waals surface area contributed by atoms with Crippen LogP contribution >= 0.6 is 0 Å². The van der Waals surface area contributed by atoms with E-state index in [0.717, 1.165) is 19.3 Å². The predicted molar refractivity (Wildman–Crippen MR) is 84.6 cm³/mol. The number of carbonyl (C=O) groups is 2. The molecule has 1 unspecified atom stereocenters. The Bertz CT molecular complexity index is 347. The molecule has 2 N–H and O–H groups in total. The van der Waals surface area contributed by atoms with E-state index >= 15 is 0 Å². The second-order valence-electron chi connectivity index (χ2n) is 6.82. The fraction of sp³-hybridized carbons (Fsp3) is 0.875. The Balaban J connectivity index is 2.42. The fourth-order valence-corrected chi connectivity index (χ4v) is 3.05. The van der Waals surface area contributed by atoms with Gasteiger partial charge in [-0.3, -0.25) is 9.59 Å². The molecule has 1 aliphatic rings. The van der Waals surface area contributed by atoms with E-state index in [2.05, 4.69) is 13.8 Å². The number of amides is 2. The maximum absolute atomic E-state index is 12.3. The van der Waals surface area contributed by atoms with E-state index in [0.29, 0.717) is 32.0 Å². The largest absolute Gasteiger partial charge is 0.349 e. The number of hydrogen-bond acceptors (Lipinski definition) is 3. The molecule has 1 saturated heterocycles. The predicted octanol–water partition coefficient (Wildman–Crippen LogP) is 1.32. The molecule has 0 aromatic heterocycles. The molecule has 1 aliphatic heterocycles. The Morgan fingerprint density at radius 3 is 2.24 bits per heavy atom. The zero-order valence-electron chi connectivity index (χ0n) is 14.0. The zero-order valence-corrected chi connectivity index (χ0v) is 14.0. The Kier molecular flexibility index (Phi) is 7.15. The quantitative estimate of drug-likeness (QED) is 0.804. The van der Waals surface area contributed by atoms with E-state index in [9.17, 15) is 9.59 Å². The average Bonchev–Trinajstić information content (AvgIpc) is 2.45. The first-order chi connectivity index (χ1) is 9.85. The average molecular weight is 297 g/mol. The third-order valence-corrected chi connectivity index (χ3v) is 4.24. The van der Waals surface area contributed by atoms with E-state index in [4.69, 9.17) is 5.73 Å². The minimum Gasteiger partial charge on any atom is -0.349 e. The van der Waals surface area contributed by atoms with E-state index in [1.807, 2.05) is 4.90 Å². The maximum Gasteiger partial charge on any atom is 0.225 e. The minimum atomic E-state index is 0.0741. The van der Waals surface area contributed by atoms with Gasteiger partial charge < -0.3 is 15.5 Å². The van der Waals surface area contributed by atoms with Gasteiger partial charge in [-0.05, 0) is 37.6 Å². The normalized spacial score (nSPS) is 17.9. The number of nitrogens with zero attached hydrogens (tertiary/aromatic N) is 2. The number of piperidine rings is 1. The summed E-state index contributed by atoms with van der Waals surface area (Å²) in [5, 5.41) is 0. The molecule has 1 atom stereocenters. The molecule has 0 bridgehead atoms. The van der Waals surface area contributed by atoms with Gasteiger partial charge in [0.2, 0.25) is 11.8 Å². The smallest absolute Gasteiger partial charge is 0.225 e. The second kappa shape index (κ2) is 8.37. The lowest BCUT2D eigenvalue weighted by Gasteiger charge is -2.33. The summed E-state index contributed by atoms with van der Waals surface area (Å²) < 4.78 is 0. The highest BCUT2D eigenvalue weighted by molar-refractivity contribution is 5.80. The Labute approximate surface area is 128 Å². The van der Waals surface area contributed by atoms with Crippen molar-refractivity contribution in [1.82, 2.24) is 9.80 Å². The van der Waals surface area contributed by atoms with E-state index in [1.165, 1.54) is 0 Å². The van der Waals surface area contributed by atoms with Gasteiger partial charge in [-0.25, -0.2) is 0 Å². The summed E-state index contributed by atoms with van der Waals surface area (Å²) in [6.45, 7) is 6.28. The van der Waals surface area contributed by atoms with Crippen LogP contribution in [0.25, 0.3) is 0 Å². The SMILES string of the molecule is CC(C)CC(CN)CC(=O)N1CCC(C(=O)N(C)C)CC1. The molecule has 0 aliphatic carbocycles. The molecule has 21 heavy (non-hydrogen) atoms. The molecule has 1 fully saturated rings. The number of carbonyl (C=O) groups excluding carboxylic acids is 2. The molecular weight excluding hydrogens is 266 g/mol. The summed E-state index contributed by atoms with van der Waals surface area (Å²) in [4.78, 5) is 27.8. The third-order valence-electron chi connectivity index (χ3n) is 4.24. The van der Waals surface area contributed by atoms with Gasteiger partial charge in [0.15, 0.2) is 0 Å². The van der Waals surface area contributed by atoms with Gasteiger partial charge in [0.25, 0.3) is 0 Å². The first-order valence-corrected chi connectivity index (χ1v) is 8.04. The molecule has 2 amide bonds. The van der Waals surface area contributed by atoms with Crippen LogP contribution in [0, 0.1) is 17.8 Å². The molecule has 122 valence electrons. The van der Waals surface area contributed by atoms with Crippen LogP contribution in [0.4, 0.5) is 0 Å². The Morgan fingerprint density at radius 2 is 1.81 bits per heavy atom. The highest BCUT2D eigenvalue weighted by Gasteiger charge is 2.28. The summed E-state index contributed by atoms with van der Waals surface area (Å²) in [5.74, 6) is 1.29. The van der Waals surface area contributed by atoms with Crippen molar-refractivity contribution in [3.63, 3.8) is 0 Å². The molecule has 1 heterocycles. The first-order valence-electron chi connectivity index (χ1n) is 8.04. The Hall–Kier alpha value is -1.10.